The SMILES string of the molecule is S=C(NCc1ccccc1)N1CCC2C(c3ccc(Cl)c(Cl)c3)Nc3ccccc3C21. The highest BCUT2D eigenvalue weighted by molar-refractivity contribution is 7.80. The number of anilines is 1. The second-order valence-electron chi connectivity index (χ2n) is 8.12. The molecule has 31 heavy (non-hydrogen) atoms. The third kappa shape index (κ3) is 4.00. The maximum Gasteiger partial charge on any atom is 0.169 e. The molecule has 1 saturated heterocycles. The van der Waals surface area contributed by atoms with Crippen LogP contribution < -0.4 is 10.6 Å². The molecule has 0 aromatic heterocycles. The van der Waals surface area contributed by atoms with Crippen molar-refractivity contribution >= 4 is 46.2 Å². The second-order valence-corrected chi connectivity index (χ2v) is 9.32. The van der Waals surface area contributed by atoms with Crippen LogP contribution in [0.4, 0.5) is 5.69 Å². The summed E-state index contributed by atoms with van der Waals surface area (Å²) in [6.45, 7) is 1.65. The first kappa shape index (κ1) is 20.6. The van der Waals surface area contributed by atoms with Gasteiger partial charge in [-0.25, -0.2) is 0 Å². The van der Waals surface area contributed by atoms with Crippen molar-refractivity contribution in [2.75, 3.05) is 11.9 Å². The number of nitrogens with zero attached hydrogens (tertiary/aromatic N) is 1. The minimum absolute atomic E-state index is 0.150. The normalized spacial score (nSPS) is 21.7. The summed E-state index contributed by atoms with van der Waals surface area (Å²) < 4.78 is 0. The van der Waals surface area contributed by atoms with E-state index in [-0.39, 0.29) is 12.1 Å². The van der Waals surface area contributed by atoms with Gasteiger partial charge in [0.05, 0.1) is 22.1 Å². The van der Waals surface area contributed by atoms with E-state index in [0.717, 1.165) is 35.9 Å². The lowest BCUT2D eigenvalue weighted by atomic mass is 9.80. The summed E-state index contributed by atoms with van der Waals surface area (Å²) in [4.78, 5) is 2.35. The van der Waals surface area contributed by atoms with Gasteiger partial charge in [0.25, 0.3) is 0 Å². The van der Waals surface area contributed by atoms with Gasteiger partial charge in [-0.05, 0) is 53.5 Å². The lowest BCUT2D eigenvalue weighted by molar-refractivity contribution is 0.302. The van der Waals surface area contributed by atoms with Gasteiger partial charge in [0.2, 0.25) is 0 Å². The van der Waals surface area contributed by atoms with E-state index in [9.17, 15) is 0 Å². The molecule has 3 aromatic rings. The molecule has 0 spiro atoms. The standard InChI is InChI=1S/C25H23Cl2N3S/c26-20-11-10-17(14-21(20)27)23-19-12-13-30(24(19)18-8-4-5-9-22(18)29-23)25(31)28-15-16-6-2-1-3-7-16/h1-11,14,19,23-24,29H,12-13,15H2,(H,28,31). The van der Waals surface area contributed by atoms with Crippen LogP contribution in [0, 0.1) is 5.92 Å². The molecule has 158 valence electrons. The van der Waals surface area contributed by atoms with Gasteiger partial charge >= 0.3 is 0 Å². The Balaban J connectivity index is 1.44. The minimum Gasteiger partial charge on any atom is -0.378 e. The van der Waals surface area contributed by atoms with Crippen LogP contribution in [0.5, 0.6) is 0 Å². The second kappa shape index (κ2) is 8.70. The van der Waals surface area contributed by atoms with Gasteiger partial charge in [0, 0.05) is 24.7 Å². The molecule has 0 radical (unpaired) electrons. The molecule has 0 aliphatic carbocycles. The van der Waals surface area contributed by atoms with Crippen LogP contribution in [0.2, 0.25) is 10.0 Å². The van der Waals surface area contributed by atoms with Gasteiger partial charge in [0.15, 0.2) is 5.11 Å². The van der Waals surface area contributed by atoms with Crippen LogP contribution in [-0.2, 0) is 6.54 Å². The molecule has 2 aliphatic heterocycles. The van der Waals surface area contributed by atoms with E-state index in [0.29, 0.717) is 16.0 Å². The highest BCUT2D eigenvalue weighted by Gasteiger charge is 2.45. The van der Waals surface area contributed by atoms with Crippen LogP contribution in [0.1, 0.15) is 35.2 Å². The van der Waals surface area contributed by atoms with Gasteiger partial charge in [-0.3, -0.25) is 0 Å². The molecule has 2 heterocycles. The Morgan fingerprint density at radius 3 is 2.58 bits per heavy atom. The third-order valence-electron chi connectivity index (χ3n) is 6.31. The Hall–Kier alpha value is -2.27. The van der Waals surface area contributed by atoms with Gasteiger partial charge in [-0.1, -0.05) is 77.8 Å². The highest BCUT2D eigenvalue weighted by Crippen LogP contribution is 2.51. The van der Waals surface area contributed by atoms with Crippen molar-refractivity contribution in [3.05, 3.63) is 99.5 Å². The van der Waals surface area contributed by atoms with Crippen molar-refractivity contribution in [1.82, 2.24) is 10.2 Å². The molecule has 0 bridgehead atoms. The molecule has 5 rings (SSSR count). The summed E-state index contributed by atoms with van der Waals surface area (Å²) in [5.41, 5.74) is 4.83. The van der Waals surface area contributed by atoms with E-state index >= 15 is 0 Å². The summed E-state index contributed by atoms with van der Waals surface area (Å²) in [5.74, 6) is 0.378. The number of hydrogen-bond acceptors (Lipinski definition) is 2. The zero-order chi connectivity index (χ0) is 21.4. The van der Waals surface area contributed by atoms with Crippen molar-refractivity contribution in [3.8, 4) is 0 Å². The average Bonchev–Trinajstić information content (AvgIpc) is 3.25. The Morgan fingerprint density at radius 2 is 1.77 bits per heavy atom. The first-order chi connectivity index (χ1) is 15.1. The Labute approximate surface area is 198 Å². The van der Waals surface area contributed by atoms with Gasteiger partial charge in [-0.2, -0.15) is 0 Å². The number of benzene rings is 3. The fourth-order valence-corrected chi connectivity index (χ4v) is 5.45. The van der Waals surface area contributed by atoms with Crippen LogP contribution in [0.25, 0.3) is 0 Å². The molecular weight excluding hydrogens is 445 g/mol. The first-order valence-electron chi connectivity index (χ1n) is 10.5. The maximum absolute atomic E-state index is 6.35. The predicted octanol–water partition coefficient (Wildman–Crippen LogP) is 6.60. The van der Waals surface area contributed by atoms with Crippen molar-refractivity contribution < 1.29 is 0 Å². The largest absolute Gasteiger partial charge is 0.378 e. The van der Waals surface area contributed by atoms with Crippen molar-refractivity contribution in [2.24, 2.45) is 5.92 Å². The van der Waals surface area contributed by atoms with E-state index in [1.807, 2.05) is 18.2 Å². The molecule has 3 atom stereocenters. The molecule has 3 nitrogen and oxygen atoms in total. The van der Waals surface area contributed by atoms with Crippen LogP contribution in [0.3, 0.4) is 0 Å². The van der Waals surface area contributed by atoms with E-state index in [1.165, 1.54) is 11.1 Å². The summed E-state index contributed by atoms with van der Waals surface area (Å²) in [6.07, 6.45) is 1.05. The number of fused-ring (bicyclic) bond motifs is 3. The number of hydrogen-bond donors (Lipinski definition) is 2. The Bertz CT molecular complexity index is 1100. The lowest BCUT2D eigenvalue weighted by Crippen LogP contribution is -2.42. The molecule has 0 saturated carbocycles. The molecule has 0 amide bonds. The summed E-state index contributed by atoms with van der Waals surface area (Å²) >= 11 is 18.4. The maximum atomic E-state index is 6.35. The fraction of sp³-hybridized carbons (Fsp3) is 0.240. The zero-order valence-corrected chi connectivity index (χ0v) is 19.2. The van der Waals surface area contributed by atoms with Crippen molar-refractivity contribution in [1.29, 1.82) is 0 Å². The lowest BCUT2D eigenvalue weighted by Gasteiger charge is -2.40. The molecular formula is C25H23Cl2N3S. The molecule has 2 N–H and O–H groups in total. The zero-order valence-electron chi connectivity index (χ0n) is 16.9. The molecule has 6 heteroatoms. The Kier molecular flexibility index (Phi) is 5.79. The van der Waals surface area contributed by atoms with Gasteiger partial charge in [0.1, 0.15) is 0 Å². The number of halogens is 2. The number of thiocarbonyl (C=S) groups is 1. The van der Waals surface area contributed by atoms with E-state index < -0.39 is 0 Å². The number of para-hydroxylation sites is 1. The van der Waals surface area contributed by atoms with E-state index in [2.05, 4.69) is 70.1 Å². The smallest absolute Gasteiger partial charge is 0.169 e. The number of rotatable bonds is 3. The average molecular weight is 468 g/mol. The van der Waals surface area contributed by atoms with Gasteiger partial charge < -0.3 is 15.5 Å². The van der Waals surface area contributed by atoms with Gasteiger partial charge in [-0.15, -0.1) is 0 Å². The van der Waals surface area contributed by atoms with E-state index in [1.54, 1.807) is 0 Å². The predicted molar refractivity (Wildman–Crippen MR) is 133 cm³/mol. The van der Waals surface area contributed by atoms with Crippen molar-refractivity contribution in [2.45, 2.75) is 25.0 Å². The molecule has 3 unspecified atom stereocenters. The van der Waals surface area contributed by atoms with Crippen molar-refractivity contribution in [3.63, 3.8) is 0 Å². The third-order valence-corrected chi connectivity index (χ3v) is 7.43. The quantitative estimate of drug-likeness (QED) is 0.424. The summed E-state index contributed by atoms with van der Waals surface area (Å²) in [6, 6.07) is 25.2. The number of nitrogens with one attached hydrogen (secondary N) is 2. The molecule has 3 aromatic carbocycles. The topological polar surface area (TPSA) is 27.3 Å². The van der Waals surface area contributed by atoms with Crippen LogP contribution in [0.15, 0.2) is 72.8 Å². The van der Waals surface area contributed by atoms with Crippen LogP contribution >= 0.6 is 35.4 Å². The first-order valence-corrected chi connectivity index (χ1v) is 11.7. The van der Waals surface area contributed by atoms with Crippen LogP contribution in [-0.4, -0.2) is 16.6 Å². The summed E-state index contributed by atoms with van der Waals surface area (Å²) in [7, 11) is 0. The highest BCUT2D eigenvalue weighted by atomic mass is 35.5. The minimum atomic E-state index is 0.150. The number of likely N-dealkylation sites (tertiary alicyclic amines) is 1. The summed E-state index contributed by atoms with van der Waals surface area (Å²) in [5, 5.41) is 9.21. The fourth-order valence-electron chi connectivity index (χ4n) is 4.86. The Morgan fingerprint density at radius 1 is 1.00 bits per heavy atom. The molecule has 1 fully saturated rings. The monoisotopic (exact) mass is 467 g/mol. The molecule has 2 aliphatic rings. The van der Waals surface area contributed by atoms with E-state index in [4.69, 9.17) is 35.4 Å².